The van der Waals surface area contributed by atoms with E-state index in [1.165, 1.54) is 18.2 Å². The topological polar surface area (TPSA) is 80.5 Å². The van der Waals surface area contributed by atoms with Crippen LogP contribution in [0.2, 0.25) is 0 Å². The molecule has 2 N–H and O–H groups in total. The van der Waals surface area contributed by atoms with E-state index in [-0.39, 0.29) is 17.9 Å². The average molecular weight is 258 g/mol. The maximum absolute atomic E-state index is 13.1. The summed E-state index contributed by atoms with van der Waals surface area (Å²) in [5, 5.41) is 0. The predicted molar refractivity (Wildman–Crippen MR) is 60.3 cm³/mol. The van der Waals surface area contributed by atoms with Crippen LogP contribution in [0.1, 0.15) is 6.42 Å². The quantitative estimate of drug-likeness (QED) is 0.824. The Morgan fingerprint density at radius 1 is 1.47 bits per heavy atom. The lowest BCUT2D eigenvalue weighted by molar-refractivity contribution is -0.118. The molecular weight excluding hydrogens is 247 g/mol. The first-order chi connectivity index (χ1) is 7.92. The van der Waals surface area contributed by atoms with Crippen LogP contribution >= 0.6 is 0 Å². The Kier molecular flexibility index (Phi) is 2.78. The monoisotopic (exact) mass is 258 g/mol. The molecular formula is C10H11FN2O3S. The molecule has 92 valence electrons. The van der Waals surface area contributed by atoms with E-state index in [0.29, 0.717) is 0 Å². The molecule has 0 bridgehead atoms. The van der Waals surface area contributed by atoms with Gasteiger partial charge in [-0.3, -0.25) is 9.10 Å². The summed E-state index contributed by atoms with van der Waals surface area (Å²) in [5.74, 6) is -1.44. The van der Waals surface area contributed by atoms with Gasteiger partial charge < -0.3 is 5.73 Å². The van der Waals surface area contributed by atoms with Gasteiger partial charge in [-0.2, -0.15) is 0 Å². The Labute approximate surface area is 98.1 Å². The molecule has 0 spiro atoms. The number of anilines is 1. The molecule has 0 saturated carbocycles. The van der Waals surface area contributed by atoms with Gasteiger partial charge in [0.15, 0.2) is 0 Å². The summed E-state index contributed by atoms with van der Waals surface area (Å²) in [5.41, 5.74) is 5.28. The lowest BCUT2D eigenvalue weighted by Gasteiger charge is -2.22. The number of amides is 1. The molecule has 1 aliphatic heterocycles. The Hall–Kier alpha value is -1.63. The molecule has 1 atom stereocenters. The standard InChI is InChI=1S/C10H11FN2O3S/c11-7-2-1-3-8(6-7)13-9(10(12)14)4-5-17(13,15)16/h1-3,6,9H,4-5H2,(H2,12,14). The van der Waals surface area contributed by atoms with E-state index in [1.54, 1.807) is 0 Å². The number of hydrogen-bond donors (Lipinski definition) is 1. The zero-order valence-electron chi connectivity index (χ0n) is 8.84. The van der Waals surface area contributed by atoms with E-state index in [4.69, 9.17) is 5.73 Å². The van der Waals surface area contributed by atoms with Crippen LogP contribution in [0.5, 0.6) is 0 Å². The lowest BCUT2D eigenvalue weighted by atomic mass is 10.2. The number of halogens is 1. The van der Waals surface area contributed by atoms with Gasteiger partial charge in [0.1, 0.15) is 11.9 Å². The molecule has 1 aliphatic rings. The first-order valence-corrected chi connectivity index (χ1v) is 6.60. The molecule has 7 heteroatoms. The molecule has 0 aromatic heterocycles. The van der Waals surface area contributed by atoms with Crippen LogP contribution in [0.3, 0.4) is 0 Å². The number of hydrogen-bond acceptors (Lipinski definition) is 3. The summed E-state index contributed by atoms with van der Waals surface area (Å²) in [6.45, 7) is 0. The average Bonchev–Trinajstić information content (AvgIpc) is 2.54. The maximum atomic E-state index is 13.1. The van der Waals surface area contributed by atoms with Gasteiger partial charge >= 0.3 is 0 Å². The third-order valence-electron chi connectivity index (χ3n) is 2.62. The van der Waals surface area contributed by atoms with E-state index < -0.39 is 27.8 Å². The Bertz CT molecular complexity index is 558. The summed E-state index contributed by atoms with van der Waals surface area (Å²) in [7, 11) is -3.59. The highest BCUT2D eigenvalue weighted by molar-refractivity contribution is 7.93. The minimum atomic E-state index is -3.59. The lowest BCUT2D eigenvalue weighted by Crippen LogP contribution is -2.42. The van der Waals surface area contributed by atoms with Gasteiger partial charge in [-0.1, -0.05) is 6.07 Å². The summed E-state index contributed by atoms with van der Waals surface area (Å²) >= 11 is 0. The third kappa shape index (κ3) is 2.10. The largest absolute Gasteiger partial charge is 0.368 e. The van der Waals surface area contributed by atoms with Crippen molar-refractivity contribution in [1.29, 1.82) is 0 Å². The highest BCUT2D eigenvalue weighted by atomic mass is 32.2. The Morgan fingerprint density at radius 2 is 2.18 bits per heavy atom. The normalized spacial score (nSPS) is 22.6. The molecule has 5 nitrogen and oxygen atoms in total. The van der Waals surface area contributed by atoms with Crippen molar-refractivity contribution in [2.45, 2.75) is 12.5 Å². The number of nitrogens with zero attached hydrogens (tertiary/aromatic N) is 1. The molecule has 1 aromatic carbocycles. The van der Waals surface area contributed by atoms with Crippen molar-refractivity contribution in [3.8, 4) is 0 Å². The van der Waals surface area contributed by atoms with Crippen LogP contribution < -0.4 is 10.0 Å². The van der Waals surface area contributed by atoms with Crippen molar-refractivity contribution in [2.75, 3.05) is 10.1 Å². The van der Waals surface area contributed by atoms with E-state index in [0.717, 1.165) is 10.4 Å². The number of sulfonamides is 1. The van der Waals surface area contributed by atoms with Crippen molar-refractivity contribution in [3.63, 3.8) is 0 Å². The number of nitrogens with two attached hydrogens (primary N) is 1. The molecule has 0 aliphatic carbocycles. The maximum Gasteiger partial charge on any atom is 0.241 e. The molecule has 0 radical (unpaired) electrons. The smallest absolute Gasteiger partial charge is 0.241 e. The van der Waals surface area contributed by atoms with Gasteiger partial charge in [0.05, 0.1) is 11.4 Å². The van der Waals surface area contributed by atoms with Crippen LogP contribution in [0.4, 0.5) is 10.1 Å². The Balaban J connectivity index is 2.49. The van der Waals surface area contributed by atoms with Crippen molar-refractivity contribution in [2.24, 2.45) is 5.73 Å². The number of primary amides is 1. The SMILES string of the molecule is NC(=O)C1CCS(=O)(=O)N1c1cccc(F)c1. The van der Waals surface area contributed by atoms with Crippen molar-refractivity contribution in [3.05, 3.63) is 30.1 Å². The Morgan fingerprint density at radius 3 is 2.76 bits per heavy atom. The van der Waals surface area contributed by atoms with Crippen LogP contribution in [0.15, 0.2) is 24.3 Å². The molecule has 1 fully saturated rings. The summed E-state index contributed by atoms with van der Waals surface area (Å²) in [6.07, 6.45) is 0.133. The van der Waals surface area contributed by atoms with Crippen molar-refractivity contribution >= 4 is 21.6 Å². The highest BCUT2D eigenvalue weighted by Gasteiger charge is 2.40. The number of carbonyl (C=O) groups is 1. The van der Waals surface area contributed by atoms with Crippen molar-refractivity contribution < 1.29 is 17.6 Å². The molecule has 1 unspecified atom stereocenters. The molecule has 17 heavy (non-hydrogen) atoms. The fourth-order valence-corrected chi connectivity index (χ4v) is 3.63. The number of benzene rings is 1. The highest BCUT2D eigenvalue weighted by Crippen LogP contribution is 2.29. The third-order valence-corrected chi connectivity index (χ3v) is 4.44. The fraction of sp³-hybridized carbons (Fsp3) is 0.300. The van der Waals surface area contributed by atoms with Gasteiger partial charge in [0.25, 0.3) is 0 Å². The van der Waals surface area contributed by atoms with Gasteiger partial charge in [-0.25, -0.2) is 12.8 Å². The van der Waals surface area contributed by atoms with Gasteiger partial charge in [0, 0.05) is 0 Å². The molecule has 2 rings (SSSR count). The minimum Gasteiger partial charge on any atom is -0.368 e. The number of rotatable bonds is 2. The zero-order chi connectivity index (χ0) is 12.6. The number of carbonyl (C=O) groups excluding carboxylic acids is 1. The second kappa shape index (κ2) is 3.99. The van der Waals surface area contributed by atoms with E-state index in [9.17, 15) is 17.6 Å². The zero-order valence-corrected chi connectivity index (χ0v) is 9.65. The van der Waals surface area contributed by atoms with E-state index in [1.807, 2.05) is 0 Å². The molecule has 1 heterocycles. The fourth-order valence-electron chi connectivity index (χ4n) is 1.88. The minimum absolute atomic E-state index is 0.131. The first kappa shape index (κ1) is 11.8. The second-order valence-corrected chi connectivity index (χ2v) is 5.76. The van der Waals surface area contributed by atoms with Gasteiger partial charge in [-0.15, -0.1) is 0 Å². The molecule has 1 saturated heterocycles. The summed E-state index contributed by atoms with van der Waals surface area (Å²) < 4.78 is 37.5. The van der Waals surface area contributed by atoms with Gasteiger partial charge in [-0.05, 0) is 24.6 Å². The van der Waals surface area contributed by atoms with Crippen LogP contribution in [0.25, 0.3) is 0 Å². The van der Waals surface area contributed by atoms with Crippen LogP contribution in [-0.2, 0) is 14.8 Å². The second-order valence-electron chi connectivity index (χ2n) is 3.80. The van der Waals surface area contributed by atoms with Crippen LogP contribution in [-0.4, -0.2) is 26.1 Å². The first-order valence-electron chi connectivity index (χ1n) is 4.99. The predicted octanol–water partition coefficient (Wildman–Crippen LogP) is 0.220. The van der Waals surface area contributed by atoms with Gasteiger partial charge in [0.2, 0.25) is 15.9 Å². The van der Waals surface area contributed by atoms with Crippen LogP contribution in [0, 0.1) is 5.82 Å². The molecule has 1 amide bonds. The van der Waals surface area contributed by atoms with Crippen molar-refractivity contribution in [1.82, 2.24) is 0 Å². The summed E-state index contributed by atoms with van der Waals surface area (Å²) in [6, 6.07) is 4.16. The van der Waals surface area contributed by atoms with E-state index in [2.05, 4.69) is 0 Å². The summed E-state index contributed by atoms with van der Waals surface area (Å²) in [4.78, 5) is 11.2. The van der Waals surface area contributed by atoms with E-state index >= 15 is 0 Å². The molecule has 1 aromatic rings.